The molecule has 0 fully saturated rings. The molecule has 8 heteroatoms. The van der Waals surface area contributed by atoms with Gasteiger partial charge in [0.1, 0.15) is 5.82 Å². The molecular weight excluding hydrogens is 485 g/mol. The third-order valence-corrected chi connectivity index (χ3v) is 7.02. The van der Waals surface area contributed by atoms with Gasteiger partial charge in [0.25, 0.3) is 11.8 Å². The van der Waals surface area contributed by atoms with Crippen molar-refractivity contribution in [2.45, 2.75) is 19.6 Å². The molecule has 2 amide bonds. The lowest BCUT2D eigenvalue weighted by Crippen LogP contribution is -2.23. The lowest BCUT2D eigenvalue weighted by Gasteiger charge is -2.17. The normalized spacial score (nSPS) is 12.5. The van der Waals surface area contributed by atoms with Gasteiger partial charge in [0.2, 0.25) is 0 Å². The molecule has 0 aliphatic carbocycles. The molecule has 0 saturated heterocycles. The first-order valence-corrected chi connectivity index (χ1v) is 12.2. The van der Waals surface area contributed by atoms with Crippen molar-refractivity contribution < 1.29 is 14.0 Å². The van der Waals surface area contributed by atoms with Crippen LogP contribution in [0.2, 0.25) is 4.34 Å². The van der Waals surface area contributed by atoms with Crippen LogP contribution in [-0.2, 0) is 19.6 Å². The van der Waals surface area contributed by atoms with Crippen molar-refractivity contribution in [2.24, 2.45) is 0 Å². The van der Waals surface area contributed by atoms with E-state index in [4.69, 9.17) is 11.6 Å². The number of anilines is 2. The van der Waals surface area contributed by atoms with Crippen molar-refractivity contribution >= 4 is 46.1 Å². The zero-order valence-electron chi connectivity index (χ0n) is 18.6. The number of carbonyl (C=O) groups is 2. The molecule has 4 aromatic rings. The van der Waals surface area contributed by atoms with Crippen molar-refractivity contribution in [1.82, 2.24) is 4.90 Å². The van der Waals surface area contributed by atoms with E-state index in [2.05, 4.69) is 16.7 Å². The number of amides is 2. The van der Waals surface area contributed by atoms with Crippen LogP contribution in [0.15, 0.2) is 78.9 Å². The number of fused-ring (bicyclic) bond motifs is 1. The van der Waals surface area contributed by atoms with Gasteiger partial charge in [0.05, 0.1) is 9.21 Å². The van der Waals surface area contributed by atoms with Crippen molar-refractivity contribution in [3.05, 3.63) is 116 Å². The van der Waals surface area contributed by atoms with Crippen LogP contribution in [0.3, 0.4) is 0 Å². The minimum Gasteiger partial charge on any atom is -0.381 e. The van der Waals surface area contributed by atoms with Gasteiger partial charge in [-0.1, -0.05) is 41.9 Å². The molecular formula is C27H21ClFN3O2S. The fraction of sp³-hybridized carbons (Fsp3) is 0.111. The summed E-state index contributed by atoms with van der Waals surface area (Å²) in [6.07, 6.45) is 0. The standard InChI is InChI=1S/C27H21ClFN3O2S/c28-25-12-11-24(35-25)26(33)31-23-6-2-5-21-22(23)16-32(27(21)34)15-18-4-1-3-17(13-18)14-30-20-9-7-19(29)8-10-20/h1-13,30H,14-16H2,(H,31,33). The molecule has 0 saturated carbocycles. The minimum absolute atomic E-state index is 0.0647. The molecule has 1 aliphatic heterocycles. The maximum atomic E-state index is 13.1. The number of nitrogens with one attached hydrogen (secondary N) is 2. The Labute approximate surface area is 211 Å². The molecule has 5 rings (SSSR count). The predicted molar refractivity (Wildman–Crippen MR) is 137 cm³/mol. The van der Waals surface area contributed by atoms with E-state index in [0.29, 0.717) is 40.1 Å². The second-order valence-corrected chi connectivity index (χ2v) is 9.95. The van der Waals surface area contributed by atoms with Gasteiger partial charge in [-0.05, 0) is 59.7 Å². The molecule has 1 aromatic heterocycles. The van der Waals surface area contributed by atoms with Gasteiger partial charge >= 0.3 is 0 Å². The first-order chi connectivity index (χ1) is 17.0. The van der Waals surface area contributed by atoms with Crippen LogP contribution in [0, 0.1) is 5.82 Å². The second-order valence-electron chi connectivity index (χ2n) is 8.23. The summed E-state index contributed by atoms with van der Waals surface area (Å²) in [6, 6.07) is 23.0. The van der Waals surface area contributed by atoms with Crippen molar-refractivity contribution in [1.29, 1.82) is 0 Å². The minimum atomic E-state index is -0.271. The van der Waals surface area contributed by atoms with Gasteiger partial charge in [-0.2, -0.15) is 0 Å². The Hall–Kier alpha value is -3.68. The molecule has 2 N–H and O–H groups in total. The van der Waals surface area contributed by atoms with Gasteiger partial charge in [-0.3, -0.25) is 9.59 Å². The molecule has 1 aliphatic rings. The average Bonchev–Trinajstić information content (AvgIpc) is 3.43. The Morgan fingerprint density at radius 2 is 1.77 bits per heavy atom. The highest BCUT2D eigenvalue weighted by atomic mass is 35.5. The number of nitrogens with zero attached hydrogens (tertiary/aromatic N) is 1. The highest BCUT2D eigenvalue weighted by Gasteiger charge is 2.30. The number of thiophene rings is 1. The summed E-state index contributed by atoms with van der Waals surface area (Å²) in [5, 5.41) is 6.20. The van der Waals surface area contributed by atoms with E-state index in [0.717, 1.165) is 22.4 Å². The predicted octanol–water partition coefficient (Wildman–Crippen LogP) is 6.56. The number of benzene rings is 3. The molecule has 5 nitrogen and oxygen atoms in total. The maximum absolute atomic E-state index is 13.1. The summed E-state index contributed by atoms with van der Waals surface area (Å²) < 4.78 is 13.7. The van der Waals surface area contributed by atoms with E-state index < -0.39 is 0 Å². The molecule has 35 heavy (non-hydrogen) atoms. The SMILES string of the molecule is O=C(Nc1cccc2c1CN(Cc1cccc(CNc3ccc(F)cc3)c1)C2=O)c1ccc(Cl)s1. The molecule has 0 atom stereocenters. The summed E-state index contributed by atoms with van der Waals surface area (Å²) in [7, 11) is 0. The summed E-state index contributed by atoms with van der Waals surface area (Å²) in [6.45, 7) is 1.44. The summed E-state index contributed by atoms with van der Waals surface area (Å²) >= 11 is 7.16. The summed E-state index contributed by atoms with van der Waals surface area (Å²) in [5.74, 6) is -0.583. The van der Waals surface area contributed by atoms with Crippen LogP contribution < -0.4 is 10.6 Å². The third kappa shape index (κ3) is 5.21. The number of carbonyl (C=O) groups excluding carboxylic acids is 2. The molecule has 0 unspecified atom stereocenters. The zero-order valence-corrected chi connectivity index (χ0v) is 20.1. The Bertz CT molecular complexity index is 1400. The van der Waals surface area contributed by atoms with E-state index in [1.54, 1.807) is 41.3 Å². The number of hydrogen-bond donors (Lipinski definition) is 2. The highest BCUT2D eigenvalue weighted by molar-refractivity contribution is 7.18. The Morgan fingerprint density at radius 1 is 1.00 bits per heavy atom. The van der Waals surface area contributed by atoms with Crippen LogP contribution in [0.25, 0.3) is 0 Å². The van der Waals surface area contributed by atoms with E-state index >= 15 is 0 Å². The smallest absolute Gasteiger partial charge is 0.265 e. The first-order valence-electron chi connectivity index (χ1n) is 11.0. The largest absolute Gasteiger partial charge is 0.381 e. The number of hydrogen-bond acceptors (Lipinski definition) is 4. The Morgan fingerprint density at radius 3 is 2.54 bits per heavy atom. The monoisotopic (exact) mass is 505 g/mol. The zero-order chi connectivity index (χ0) is 24.4. The molecule has 0 spiro atoms. The molecule has 3 aromatic carbocycles. The highest BCUT2D eigenvalue weighted by Crippen LogP contribution is 2.31. The van der Waals surface area contributed by atoms with Crippen molar-refractivity contribution in [2.75, 3.05) is 10.6 Å². The van der Waals surface area contributed by atoms with Crippen molar-refractivity contribution in [3.8, 4) is 0 Å². The van der Waals surface area contributed by atoms with E-state index in [1.165, 1.54) is 23.5 Å². The molecule has 2 heterocycles. The second kappa shape index (κ2) is 9.90. The average molecular weight is 506 g/mol. The van der Waals surface area contributed by atoms with Crippen LogP contribution in [0.1, 0.15) is 36.7 Å². The van der Waals surface area contributed by atoms with Crippen LogP contribution >= 0.6 is 22.9 Å². The Balaban J connectivity index is 1.27. The van der Waals surface area contributed by atoms with Gasteiger partial charge in [0.15, 0.2) is 0 Å². The van der Waals surface area contributed by atoms with Gasteiger partial charge in [-0.25, -0.2) is 4.39 Å². The molecule has 0 radical (unpaired) electrons. The quantitative estimate of drug-likeness (QED) is 0.299. The van der Waals surface area contributed by atoms with Crippen LogP contribution in [-0.4, -0.2) is 16.7 Å². The number of rotatable bonds is 7. The first kappa shape index (κ1) is 23.1. The third-order valence-electron chi connectivity index (χ3n) is 5.79. The Kier molecular flexibility index (Phi) is 6.53. The van der Waals surface area contributed by atoms with E-state index in [9.17, 15) is 14.0 Å². The summed E-state index contributed by atoms with van der Waals surface area (Å²) in [4.78, 5) is 28.0. The van der Waals surface area contributed by atoms with E-state index in [-0.39, 0.29) is 17.6 Å². The summed E-state index contributed by atoms with van der Waals surface area (Å²) in [5.41, 5.74) is 4.93. The van der Waals surface area contributed by atoms with Gasteiger partial charge < -0.3 is 15.5 Å². The topological polar surface area (TPSA) is 61.4 Å². The van der Waals surface area contributed by atoms with Gasteiger partial charge in [-0.15, -0.1) is 11.3 Å². The fourth-order valence-electron chi connectivity index (χ4n) is 4.09. The van der Waals surface area contributed by atoms with Crippen LogP contribution in [0.5, 0.6) is 0 Å². The lowest BCUT2D eigenvalue weighted by molar-refractivity contribution is 0.0766. The maximum Gasteiger partial charge on any atom is 0.265 e. The van der Waals surface area contributed by atoms with Crippen molar-refractivity contribution in [3.63, 3.8) is 0 Å². The molecule has 176 valence electrons. The molecule has 0 bridgehead atoms. The fourth-order valence-corrected chi connectivity index (χ4v) is 5.02. The number of halogens is 2. The van der Waals surface area contributed by atoms with E-state index in [1.807, 2.05) is 24.3 Å². The van der Waals surface area contributed by atoms with Crippen LogP contribution in [0.4, 0.5) is 15.8 Å². The van der Waals surface area contributed by atoms with Gasteiger partial charge in [0, 0.05) is 42.1 Å². The lowest BCUT2D eigenvalue weighted by atomic mass is 10.1.